The van der Waals surface area contributed by atoms with Crippen molar-refractivity contribution in [1.29, 1.82) is 0 Å². The molecule has 0 N–H and O–H groups in total. The molecule has 1 unspecified atom stereocenters. The molecular weight excluding hydrogens is 389 g/mol. The fourth-order valence-corrected chi connectivity index (χ4v) is 4.27. The minimum absolute atomic E-state index is 0.198. The Morgan fingerprint density at radius 3 is 2.87 bits per heavy atom. The number of rotatable bonds is 4. The molecule has 2 aliphatic heterocycles. The first kappa shape index (κ1) is 18.7. The molecule has 0 radical (unpaired) electrons. The van der Waals surface area contributed by atoms with Crippen molar-refractivity contribution in [2.75, 3.05) is 13.1 Å². The summed E-state index contributed by atoms with van der Waals surface area (Å²) in [6.07, 6.45) is 2.18. The second-order valence-electron chi connectivity index (χ2n) is 8.06. The first-order valence-electron chi connectivity index (χ1n) is 9.77. The molecule has 9 heteroatoms. The molecule has 0 bridgehead atoms. The smallest absolute Gasteiger partial charge is 0.415 e. The standard InChI is InChI=1S/C21H20FN5O3/c1-21(13-26-11-19(27(28)29)24-20(26)30-21)12-25-9-8-17-14(10-25)6-7-18(23-17)15-4-2-3-5-16(15)22/h2-7,11H,8-10,12-13H2,1H3. The van der Waals surface area contributed by atoms with E-state index >= 15 is 0 Å². The van der Waals surface area contributed by atoms with Gasteiger partial charge in [-0.15, -0.1) is 0 Å². The summed E-state index contributed by atoms with van der Waals surface area (Å²) in [7, 11) is 0. The number of nitro groups is 1. The van der Waals surface area contributed by atoms with Crippen LogP contribution in [0.1, 0.15) is 18.2 Å². The maximum absolute atomic E-state index is 14.1. The molecule has 2 aliphatic rings. The van der Waals surface area contributed by atoms with E-state index in [0.29, 0.717) is 24.3 Å². The minimum Gasteiger partial charge on any atom is -0.436 e. The van der Waals surface area contributed by atoms with Gasteiger partial charge in [0.05, 0.1) is 12.2 Å². The highest BCUT2D eigenvalue weighted by molar-refractivity contribution is 5.60. The Balaban J connectivity index is 1.29. The monoisotopic (exact) mass is 409 g/mol. The van der Waals surface area contributed by atoms with Crippen LogP contribution in [0.2, 0.25) is 0 Å². The van der Waals surface area contributed by atoms with Crippen LogP contribution in [0.5, 0.6) is 6.01 Å². The highest BCUT2D eigenvalue weighted by Crippen LogP contribution is 2.33. The number of hydrogen-bond acceptors (Lipinski definition) is 6. The van der Waals surface area contributed by atoms with E-state index in [1.54, 1.807) is 16.7 Å². The molecule has 8 nitrogen and oxygen atoms in total. The zero-order valence-electron chi connectivity index (χ0n) is 16.4. The molecule has 2 aromatic heterocycles. The number of pyridine rings is 1. The number of hydrogen-bond donors (Lipinski definition) is 0. The molecule has 1 atom stereocenters. The first-order valence-corrected chi connectivity index (χ1v) is 9.77. The molecule has 30 heavy (non-hydrogen) atoms. The van der Waals surface area contributed by atoms with Gasteiger partial charge in [0, 0.05) is 42.3 Å². The van der Waals surface area contributed by atoms with Gasteiger partial charge in [-0.2, -0.15) is 0 Å². The second-order valence-corrected chi connectivity index (χ2v) is 8.06. The van der Waals surface area contributed by atoms with E-state index in [2.05, 4.69) is 9.88 Å². The van der Waals surface area contributed by atoms with Crippen molar-refractivity contribution in [2.24, 2.45) is 0 Å². The van der Waals surface area contributed by atoms with Crippen LogP contribution in [-0.2, 0) is 19.5 Å². The lowest BCUT2D eigenvalue weighted by Gasteiger charge is -2.34. The Morgan fingerprint density at radius 1 is 1.27 bits per heavy atom. The lowest BCUT2D eigenvalue weighted by Crippen LogP contribution is -2.46. The lowest BCUT2D eigenvalue weighted by atomic mass is 10.00. The molecule has 3 aromatic rings. The summed E-state index contributed by atoms with van der Waals surface area (Å²) in [5, 5.41) is 10.9. The van der Waals surface area contributed by atoms with Crippen LogP contribution in [0.25, 0.3) is 11.3 Å². The third kappa shape index (κ3) is 3.30. The van der Waals surface area contributed by atoms with E-state index in [1.165, 1.54) is 12.3 Å². The minimum atomic E-state index is -0.518. The van der Waals surface area contributed by atoms with Gasteiger partial charge in [0.15, 0.2) is 0 Å². The van der Waals surface area contributed by atoms with Crippen molar-refractivity contribution in [2.45, 2.75) is 32.0 Å². The summed E-state index contributed by atoms with van der Waals surface area (Å²) in [5.41, 5.74) is 2.77. The molecule has 0 saturated carbocycles. The number of aromatic nitrogens is 3. The summed E-state index contributed by atoms with van der Waals surface area (Å²) in [6.45, 7) is 4.70. The molecule has 1 aromatic carbocycles. The quantitative estimate of drug-likeness (QED) is 0.486. The van der Waals surface area contributed by atoms with Gasteiger partial charge in [-0.3, -0.25) is 14.5 Å². The lowest BCUT2D eigenvalue weighted by molar-refractivity contribution is -0.389. The van der Waals surface area contributed by atoms with Crippen molar-refractivity contribution in [1.82, 2.24) is 19.4 Å². The Morgan fingerprint density at radius 2 is 2.10 bits per heavy atom. The molecule has 0 saturated heterocycles. The van der Waals surface area contributed by atoms with E-state index in [1.807, 2.05) is 25.1 Å². The Bertz CT molecular complexity index is 1120. The topological polar surface area (TPSA) is 86.3 Å². The summed E-state index contributed by atoms with van der Waals surface area (Å²) < 4.78 is 21.7. The molecule has 4 heterocycles. The number of nitrogens with zero attached hydrogens (tertiary/aromatic N) is 5. The number of benzene rings is 1. The summed E-state index contributed by atoms with van der Waals surface area (Å²) >= 11 is 0. The highest BCUT2D eigenvalue weighted by atomic mass is 19.1. The van der Waals surface area contributed by atoms with Crippen molar-refractivity contribution >= 4 is 5.82 Å². The number of ether oxygens (including phenoxy) is 1. The summed E-state index contributed by atoms with van der Waals surface area (Å²) in [5.74, 6) is -0.470. The van der Waals surface area contributed by atoms with Gasteiger partial charge >= 0.3 is 11.8 Å². The Hall–Kier alpha value is -3.33. The van der Waals surface area contributed by atoms with Crippen LogP contribution < -0.4 is 4.74 Å². The van der Waals surface area contributed by atoms with Crippen LogP contribution in [0.3, 0.4) is 0 Å². The average Bonchev–Trinajstić information content (AvgIpc) is 3.23. The molecule has 0 fully saturated rings. The SMILES string of the molecule is CC1(CN2CCc3nc(-c4ccccc4F)ccc3C2)Cn2cc([N+](=O)[O-])nc2O1. The van der Waals surface area contributed by atoms with E-state index in [9.17, 15) is 14.5 Å². The van der Waals surface area contributed by atoms with Gasteiger partial charge in [0.25, 0.3) is 0 Å². The molecule has 0 amide bonds. The zero-order valence-corrected chi connectivity index (χ0v) is 16.4. The van der Waals surface area contributed by atoms with Crippen LogP contribution in [-0.4, -0.2) is 43.0 Å². The predicted octanol–water partition coefficient (Wildman–Crippen LogP) is 3.20. The van der Waals surface area contributed by atoms with Gasteiger partial charge < -0.3 is 14.9 Å². The third-order valence-corrected chi connectivity index (χ3v) is 5.59. The summed E-state index contributed by atoms with van der Waals surface area (Å²) in [6, 6.07) is 10.8. The average molecular weight is 409 g/mol. The fourth-order valence-electron chi connectivity index (χ4n) is 4.27. The number of halogens is 1. The van der Waals surface area contributed by atoms with Gasteiger partial charge in [-0.05, 0) is 35.6 Å². The van der Waals surface area contributed by atoms with Crippen LogP contribution in [0.15, 0.2) is 42.6 Å². The maximum Gasteiger partial charge on any atom is 0.415 e. The molecule has 154 valence electrons. The molecular formula is C21H20FN5O3. The Kier molecular flexibility index (Phi) is 4.28. The van der Waals surface area contributed by atoms with Crippen LogP contribution >= 0.6 is 0 Å². The van der Waals surface area contributed by atoms with Crippen molar-refractivity contribution in [3.05, 3.63) is 69.8 Å². The van der Waals surface area contributed by atoms with E-state index in [4.69, 9.17) is 9.72 Å². The highest BCUT2D eigenvalue weighted by Gasteiger charge is 2.41. The van der Waals surface area contributed by atoms with Crippen LogP contribution in [0, 0.1) is 15.9 Å². The maximum atomic E-state index is 14.1. The predicted molar refractivity (Wildman–Crippen MR) is 107 cm³/mol. The van der Waals surface area contributed by atoms with Crippen molar-refractivity contribution in [3.63, 3.8) is 0 Å². The Labute approximate surface area is 172 Å². The van der Waals surface area contributed by atoms with Crippen LogP contribution in [0.4, 0.5) is 10.2 Å². The van der Waals surface area contributed by atoms with Crippen molar-refractivity contribution < 1.29 is 14.1 Å². The van der Waals surface area contributed by atoms with Gasteiger partial charge in [-0.25, -0.2) is 4.39 Å². The largest absolute Gasteiger partial charge is 0.436 e. The first-order chi connectivity index (χ1) is 14.4. The number of imidazole rings is 1. The third-order valence-electron chi connectivity index (χ3n) is 5.59. The van der Waals surface area contributed by atoms with E-state index in [-0.39, 0.29) is 17.6 Å². The molecule has 0 spiro atoms. The molecule has 5 rings (SSSR count). The van der Waals surface area contributed by atoms with Gasteiger partial charge in [-0.1, -0.05) is 18.2 Å². The molecule has 0 aliphatic carbocycles. The zero-order chi connectivity index (χ0) is 20.9. The summed E-state index contributed by atoms with van der Waals surface area (Å²) in [4.78, 5) is 21.3. The fraction of sp³-hybridized carbons (Fsp3) is 0.333. The van der Waals surface area contributed by atoms with E-state index in [0.717, 1.165) is 30.8 Å². The second kappa shape index (κ2) is 6.88. The van der Waals surface area contributed by atoms with Gasteiger partial charge in [0.1, 0.15) is 17.6 Å². The van der Waals surface area contributed by atoms with E-state index < -0.39 is 10.5 Å². The van der Waals surface area contributed by atoms with Gasteiger partial charge in [0.2, 0.25) is 0 Å². The van der Waals surface area contributed by atoms with Crippen molar-refractivity contribution in [3.8, 4) is 17.3 Å². The number of fused-ring (bicyclic) bond motifs is 2. The normalized spacial score (nSPS) is 20.5.